The number of fused-ring (bicyclic) bond motifs is 1. The van der Waals surface area contributed by atoms with Gasteiger partial charge in [0.15, 0.2) is 0 Å². The first kappa shape index (κ1) is 28.5. The van der Waals surface area contributed by atoms with Crippen molar-refractivity contribution in [2.24, 2.45) is 0 Å². The van der Waals surface area contributed by atoms with E-state index in [1.165, 1.54) is 29.2 Å². The lowest BCUT2D eigenvalue weighted by atomic mass is 9.94. The molecule has 0 saturated heterocycles. The molecule has 0 aromatic heterocycles. The number of ether oxygens (including phenoxy) is 3. The summed E-state index contributed by atoms with van der Waals surface area (Å²) in [5.74, 6) is 1.42. The fourth-order valence-corrected chi connectivity index (χ4v) is 4.73. The van der Waals surface area contributed by atoms with E-state index in [0.29, 0.717) is 6.42 Å². The highest BCUT2D eigenvalue weighted by atomic mass is 16.5. The van der Waals surface area contributed by atoms with Crippen LogP contribution in [0.3, 0.4) is 0 Å². The van der Waals surface area contributed by atoms with Gasteiger partial charge in [-0.1, -0.05) is 75.1 Å². The van der Waals surface area contributed by atoms with E-state index in [-0.39, 0.29) is 19.2 Å². The SMILES string of the molecule is CCCCCCCC(=O)OCC(O)COc1c(C)cccc1CCc1cc(OC)c(C)c2ccccc12. The first-order chi connectivity index (χ1) is 17.9. The summed E-state index contributed by atoms with van der Waals surface area (Å²) in [7, 11) is 1.71. The van der Waals surface area contributed by atoms with Crippen molar-refractivity contribution in [3.8, 4) is 11.5 Å². The lowest BCUT2D eigenvalue weighted by Gasteiger charge is -2.18. The maximum Gasteiger partial charge on any atom is 0.305 e. The van der Waals surface area contributed by atoms with Gasteiger partial charge < -0.3 is 19.3 Å². The molecule has 0 radical (unpaired) electrons. The summed E-state index contributed by atoms with van der Waals surface area (Å²) in [6.07, 6.45) is 6.53. The molecule has 0 spiro atoms. The molecule has 0 saturated carbocycles. The summed E-state index contributed by atoms with van der Waals surface area (Å²) < 4.78 is 17.0. The Bertz CT molecular complexity index is 1150. The molecule has 5 nitrogen and oxygen atoms in total. The van der Waals surface area contributed by atoms with Crippen LogP contribution in [-0.2, 0) is 22.4 Å². The van der Waals surface area contributed by atoms with Gasteiger partial charge in [0.1, 0.15) is 30.8 Å². The summed E-state index contributed by atoms with van der Waals surface area (Å²) in [5, 5.41) is 12.8. The number of rotatable bonds is 15. The third-order valence-electron chi connectivity index (χ3n) is 6.87. The zero-order valence-electron chi connectivity index (χ0n) is 22.8. The predicted octanol–water partition coefficient (Wildman–Crippen LogP) is 6.89. The zero-order chi connectivity index (χ0) is 26.6. The fourth-order valence-electron chi connectivity index (χ4n) is 4.73. The van der Waals surface area contributed by atoms with Crippen LogP contribution in [0, 0.1) is 13.8 Å². The molecular formula is C32H42O5. The number of aryl methyl sites for hydroxylation is 4. The van der Waals surface area contributed by atoms with Crippen molar-refractivity contribution >= 4 is 16.7 Å². The van der Waals surface area contributed by atoms with Crippen LogP contribution in [0.1, 0.15) is 67.7 Å². The number of hydrogen-bond acceptors (Lipinski definition) is 5. The molecule has 3 aromatic carbocycles. The maximum absolute atomic E-state index is 12.0. The van der Waals surface area contributed by atoms with Crippen molar-refractivity contribution < 1.29 is 24.1 Å². The summed E-state index contributed by atoms with van der Waals surface area (Å²) in [5.41, 5.74) is 4.47. The minimum Gasteiger partial charge on any atom is -0.496 e. The van der Waals surface area contributed by atoms with Crippen LogP contribution in [0.2, 0.25) is 0 Å². The number of aliphatic hydroxyl groups is 1. The third-order valence-corrected chi connectivity index (χ3v) is 6.87. The zero-order valence-corrected chi connectivity index (χ0v) is 22.8. The summed E-state index contributed by atoms with van der Waals surface area (Å²) in [6, 6.07) is 16.7. The van der Waals surface area contributed by atoms with Crippen LogP contribution in [-0.4, -0.2) is 37.5 Å². The molecule has 0 heterocycles. The van der Waals surface area contributed by atoms with Crippen LogP contribution in [0.4, 0.5) is 0 Å². The Balaban J connectivity index is 1.58. The Kier molecular flexibility index (Phi) is 11.3. The van der Waals surface area contributed by atoms with Gasteiger partial charge in [0, 0.05) is 6.42 Å². The summed E-state index contributed by atoms with van der Waals surface area (Å²) >= 11 is 0. The Morgan fingerprint density at radius 1 is 0.892 bits per heavy atom. The standard InChI is InChI=1S/C32H42O5/c1-5-6-7-8-9-17-31(34)36-21-27(33)22-37-32-23(2)13-12-14-25(32)18-19-26-20-30(35-4)24(3)28-15-10-11-16-29(26)28/h10-16,20,27,33H,5-9,17-19,21-22H2,1-4H3. The number of benzene rings is 3. The topological polar surface area (TPSA) is 65.0 Å². The molecule has 1 N–H and O–H groups in total. The van der Waals surface area contributed by atoms with Crippen molar-refractivity contribution in [1.29, 1.82) is 0 Å². The van der Waals surface area contributed by atoms with Crippen LogP contribution < -0.4 is 9.47 Å². The number of methoxy groups -OCH3 is 1. The number of carbonyl (C=O) groups is 1. The van der Waals surface area contributed by atoms with Gasteiger partial charge in [0.05, 0.1) is 7.11 Å². The molecule has 200 valence electrons. The van der Waals surface area contributed by atoms with Crippen LogP contribution >= 0.6 is 0 Å². The van der Waals surface area contributed by atoms with Crippen molar-refractivity contribution in [2.75, 3.05) is 20.3 Å². The first-order valence-electron chi connectivity index (χ1n) is 13.5. The number of aliphatic hydroxyl groups excluding tert-OH is 1. The number of hydrogen-bond donors (Lipinski definition) is 1. The normalized spacial score (nSPS) is 11.9. The molecule has 37 heavy (non-hydrogen) atoms. The summed E-state index contributed by atoms with van der Waals surface area (Å²) in [4.78, 5) is 12.0. The van der Waals surface area contributed by atoms with Gasteiger partial charge in [-0.2, -0.15) is 0 Å². The molecule has 1 atom stereocenters. The lowest BCUT2D eigenvalue weighted by molar-refractivity contribution is -0.147. The maximum atomic E-state index is 12.0. The largest absolute Gasteiger partial charge is 0.496 e. The lowest BCUT2D eigenvalue weighted by Crippen LogP contribution is -2.25. The van der Waals surface area contributed by atoms with Crippen LogP contribution in [0.15, 0.2) is 48.5 Å². The van der Waals surface area contributed by atoms with Gasteiger partial charge in [-0.25, -0.2) is 0 Å². The highest BCUT2D eigenvalue weighted by molar-refractivity contribution is 5.90. The van der Waals surface area contributed by atoms with Gasteiger partial charge in [-0.05, 0) is 72.2 Å². The second kappa shape index (κ2) is 14.6. The molecule has 0 amide bonds. The van der Waals surface area contributed by atoms with Gasteiger partial charge in [-0.15, -0.1) is 0 Å². The Morgan fingerprint density at radius 2 is 1.62 bits per heavy atom. The molecule has 1 unspecified atom stereocenters. The van der Waals surface area contributed by atoms with Crippen molar-refractivity contribution in [1.82, 2.24) is 0 Å². The highest BCUT2D eigenvalue weighted by Gasteiger charge is 2.15. The predicted molar refractivity (Wildman–Crippen MR) is 150 cm³/mol. The smallest absolute Gasteiger partial charge is 0.305 e. The number of para-hydroxylation sites is 1. The van der Waals surface area contributed by atoms with E-state index in [2.05, 4.69) is 50.2 Å². The van der Waals surface area contributed by atoms with E-state index >= 15 is 0 Å². The Hall–Kier alpha value is -3.05. The second-order valence-electron chi connectivity index (χ2n) is 9.78. The first-order valence-corrected chi connectivity index (χ1v) is 13.5. The van der Waals surface area contributed by atoms with Gasteiger partial charge >= 0.3 is 5.97 Å². The van der Waals surface area contributed by atoms with E-state index in [0.717, 1.165) is 60.3 Å². The monoisotopic (exact) mass is 506 g/mol. The molecule has 0 aliphatic carbocycles. The number of unbranched alkanes of at least 4 members (excludes halogenated alkanes) is 4. The van der Waals surface area contributed by atoms with Gasteiger partial charge in [0.25, 0.3) is 0 Å². The van der Waals surface area contributed by atoms with Crippen molar-refractivity contribution in [3.63, 3.8) is 0 Å². The van der Waals surface area contributed by atoms with E-state index in [1.807, 2.05) is 19.1 Å². The van der Waals surface area contributed by atoms with E-state index in [1.54, 1.807) is 7.11 Å². The van der Waals surface area contributed by atoms with Crippen LogP contribution in [0.5, 0.6) is 11.5 Å². The number of carbonyl (C=O) groups excluding carboxylic acids is 1. The third kappa shape index (κ3) is 8.22. The molecule has 0 bridgehead atoms. The van der Waals surface area contributed by atoms with Crippen molar-refractivity contribution in [3.05, 3.63) is 70.8 Å². The molecule has 0 fully saturated rings. The molecule has 0 aliphatic rings. The van der Waals surface area contributed by atoms with E-state index in [9.17, 15) is 9.90 Å². The Labute approximate surface area is 221 Å². The number of esters is 1. The van der Waals surface area contributed by atoms with E-state index < -0.39 is 6.10 Å². The van der Waals surface area contributed by atoms with Crippen LogP contribution in [0.25, 0.3) is 10.8 Å². The van der Waals surface area contributed by atoms with Gasteiger partial charge in [0.2, 0.25) is 0 Å². The molecular weight excluding hydrogens is 464 g/mol. The van der Waals surface area contributed by atoms with Gasteiger partial charge in [-0.3, -0.25) is 4.79 Å². The minimum absolute atomic E-state index is 0.0514. The average Bonchev–Trinajstić information content (AvgIpc) is 2.91. The molecule has 5 heteroatoms. The quantitative estimate of drug-likeness (QED) is 0.180. The second-order valence-corrected chi connectivity index (χ2v) is 9.78. The highest BCUT2D eigenvalue weighted by Crippen LogP contribution is 2.32. The molecule has 0 aliphatic heterocycles. The molecule has 3 aromatic rings. The van der Waals surface area contributed by atoms with Crippen molar-refractivity contribution in [2.45, 2.75) is 78.2 Å². The molecule has 3 rings (SSSR count). The minimum atomic E-state index is -0.873. The Morgan fingerprint density at radius 3 is 2.38 bits per heavy atom. The van der Waals surface area contributed by atoms with E-state index in [4.69, 9.17) is 14.2 Å². The average molecular weight is 507 g/mol. The fraction of sp³-hybridized carbons (Fsp3) is 0.469. The summed E-state index contributed by atoms with van der Waals surface area (Å²) in [6.45, 7) is 6.29.